The molecule has 1 N–H and O–H groups in total. The molecule has 8 nitrogen and oxygen atoms in total. The molecule has 9 heteroatoms. The molecule has 1 aromatic heterocycles. The van der Waals surface area contributed by atoms with Gasteiger partial charge in [-0.25, -0.2) is 13.4 Å². The molecular weight excluding hydrogens is 406 g/mol. The third-order valence-electron chi connectivity index (χ3n) is 4.52. The van der Waals surface area contributed by atoms with Gasteiger partial charge in [-0.15, -0.1) is 0 Å². The lowest BCUT2D eigenvalue weighted by Crippen LogP contribution is -2.12. The Morgan fingerprint density at radius 1 is 1.03 bits per heavy atom. The largest absolute Gasteiger partial charge is 0.440 e. The maximum atomic E-state index is 12.6. The van der Waals surface area contributed by atoms with E-state index in [0.717, 1.165) is 17.7 Å². The first-order valence-electron chi connectivity index (χ1n) is 9.02. The Bertz CT molecular complexity index is 1330. The van der Waals surface area contributed by atoms with E-state index < -0.39 is 14.9 Å². The first-order chi connectivity index (χ1) is 14.3. The van der Waals surface area contributed by atoms with E-state index in [9.17, 15) is 18.5 Å². The number of hydrogen-bond acceptors (Lipinski definition) is 6. The van der Waals surface area contributed by atoms with Crippen molar-refractivity contribution in [3.05, 3.63) is 93.9 Å². The molecule has 152 valence electrons. The van der Waals surface area contributed by atoms with Crippen LogP contribution in [0.15, 0.2) is 76.0 Å². The summed E-state index contributed by atoms with van der Waals surface area (Å²) in [4.78, 5) is 14.5. The quantitative estimate of drug-likeness (QED) is 0.362. The first kappa shape index (κ1) is 19.6. The number of aromatic nitrogens is 1. The van der Waals surface area contributed by atoms with Gasteiger partial charge < -0.3 is 4.42 Å². The molecule has 0 aliphatic carbocycles. The van der Waals surface area contributed by atoms with Crippen LogP contribution in [0.4, 0.5) is 11.4 Å². The summed E-state index contributed by atoms with van der Waals surface area (Å²) >= 11 is 0. The molecule has 0 saturated carbocycles. The van der Waals surface area contributed by atoms with E-state index in [1.165, 1.54) is 17.7 Å². The zero-order valence-corrected chi connectivity index (χ0v) is 16.7. The van der Waals surface area contributed by atoms with E-state index in [1.54, 1.807) is 18.2 Å². The van der Waals surface area contributed by atoms with E-state index in [0.29, 0.717) is 29.1 Å². The van der Waals surface area contributed by atoms with E-state index in [1.807, 2.05) is 31.2 Å². The van der Waals surface area contributed by atoms with Crippen molar-refractivity contribution in [1.82, 2.24) is 4.98 Å². The maximum absolute atomic E-state index is 12.6. The lowest BCUT2D eigenvalue weighted by atomic mass is 10.1. The Kier molecular flexibility index (Phi) is 4.96. The molecule has 0 aliphatic heterocycles. The maximum Gasteiger partial charge on any atom is 0.269 e. The standard InChI is InChI=1S/C21H17N3O5S/c1-14-2-4-15(5-3-14)12-21-22-19-13-16(6-11-20(19)29-21)23-30(27,28)18-9-7-17(8-10-18)24(25)26/h2-11,13,23H,12H2,1H3. The normalized spacial score (nSPS) is 11.5. The van der Waals surface area contributed by atoms with E-state index in [2.05, 4.69) is 9.71 Å². The smallest absolute Gasteiger partial charge is 0.269 e. The molecule has 30 heavy (non-hydrogen) atoms. The second kappa shape index (κ2) is 7.60. The number of nitrogens with one attached hydrogen (secondary N) is 1. The molecule has 0 spiro atoms. The fourth-order valence-electron chi connectivity index (χ4n) is 2.96. The van der Waals surface area contributed by atoms with Gasteiger partial charge in [0.25, 0.3) is 15.7 Å². The van der Waals surface area contributed by atoms with Gasteiger partial charge in [-0.2, -0.15) is 0 Å². The minimum absolute atomic E-state index is 0.0755. The molecule has 0 aliphatic rings. The fraction of sp³-hybridized carbons (Fsp3) is 0.0952. The van der Waals surface area contributed by atoms with Gasteiger partial charge in [0, 0.05) is 18.6 Å². The first-order valence-corrected chi connectivity index (χ1v) is 10.5. The van der Waals surface area contributed by atoms with Crippen molar-refractivity contribution >= 4 is 32.5 Å². The molecule has 0 bridgehead atoms. The van der Waals surface area contributed by atoms with Crippen LogP contribution in [0.3, 0.4) is 0 Å². The van der Waals surface area contributed by atoms with Crippen LogP contribution in [0.2, 0.25) is 0 Å². The Labute approximate surface area is 172 Å². The number of non-ortho nitro benzene ring substituents is 1. The van der Waals surface area contributed by atoms with Crippen LogP contribution in [0, 0.1) is 17.0 Å². The average molecular weight is 423 g/mol. The number of sulfonamides is 1. The lowest BCUT2D eigenvalue weighted by Gasteiger charge is -2.07. The molecule has 1 heterocycles. The van der Waals surface area contributed by atoms with Crippen molar-refractivity contribution in [1.29, 1.82) is 0 Å². The average Bonchev–Trinajstić information content (AvgIpc) is 3.11. The fourth-order valence-corrected chi connectivity index (χ4v) is 4.01. The van der Waals surface area contributed by atoms with Gasteiger partial charge >= 0.3 is 0 Å². The van der Waals surface area contributed by atoms with Gasteiger partial charge in [-0.05, 0) is 42.8 Å². The number of nitro benzene ring substituents is 1. The van der Waals surface area contributed by atoms with E-state index in [4.69, 9.17) is 4.42 Å². The van der Waals surface area contributed by atoms with Crippen LogP contribution in [-0.4, -0.2) is 18.3 Å². The van der Waals surface area contributed by atoms with Crippen LogP contribution < -0.4 is 4.72 Å². The zero-order chi connectivity index (χ0) is 21.3. The van der Waals surface area contributed by atoms with Gasteiger partial charge in [0.1, 0.15) is 5.52 Å². The highest BCUT2D eigenvalue weighted by atomic mass is 32.2. The van der Waals surface area contributed by atoms with Crippen molar-refractivity contribution in [3.63, 3.8) is 0 Å². The third kappa shape index (κ3) is 4.15. The van der Waals surface area contributed by atoms with E-state index in [-0.39, 0.29) is 10.6 Å². The van der Waals surface area contributed by atoms with Gasteiger partial charge in [-0.3, -0.25) is 14.8 Å². The summed E-state index contributed by atoms with van der Waals surface area (Å²) in [6, 6.07) is 17.5. The Morgan fingerprint density at radius 3 is 2.40 bits per heavy atom. The summed E-state index contributed by atoms with van der Waals surface area (Å²) in [7, 11) is -3.90. The monoisotopic (exact) mass is 423 g/mol. The molecule has 3 aromatic carbocycles. The summed E-state index contributed by atoms with van der Waals surface area (Å²) in [6.07, 6.45) is 0.527. The molecule has 0 saturated heterocycles. The van der Waals surface area contributed by atoms with Crippen molar-refractivity contribution in [2.45, 2.75) is 18.2 Å². The zero-order valence-electron chi connectivity index (χ0n) is 15.9. The van der Waals surface area contributed by atoms with Gasteiger partial charge in [0.2, 0.25) is 0 Å². The molecule has 4 rings (SSSR count). The minimum Gasteiger partial charge on any atom is -0.440 e. The number of rotatable bonds is 6. The third-order valence-corrected chi connectivity index (χ3v) is 5.92. The van der Waals surface area contributed by atoms with Crippen molar-refractivity contribution in [2.75, 3.05) is 4.72 Å². The number of anilines is 1. The summed E-state index contributed by atoms with van der Waals surface area (Å²) in [5.41, 5.74) is 3.44. The molecule has 0 unspecified atom stereocenters. The number of nitrogens with zero attached hydrogens (tertiary/aromatic N) is 2. The SMILES string of the molecule is Cc1ccc(Cc2nc3cc(NS(=O)(=O)c4ccc([N+](=O)[O-])cc4)ccc3o2)cc1. The van der Waals surface area contributed by atoms with Gasteiger partial charge in [-0.1, -0.05) is 29.8 Å². The number of aryl methyl sites for hydroxylation is 1. The second-order valence-corrected chi connectivity index (χ2v) is 8.49. The second-order valence-electron chi connectivity index (χ2n) is 6.81. The predicted molar refractivity (Wildman–Crippen MR) is 112 cm³/mol. The van der Waals surface area contributed by atoms with E-state index >= 15 is 0 Å². The summed E-state index contributed by atoms with van der Waals surface area (Å²) in [5, 5.41) is 10.7. The topological polar surface area (TPSA) is 115 Å². The summed E-state index contributed by atoms with van der Waals surface area (Å²) in [6.45, 7) is 2.02. The van der Waals surface area contributed by atoms with Crippen LogP contribution in [-0.2, 0) is 16.4 Å². The highest BCUT2D eigenvalue weighted by Gasteiger charge is 2.17. The predicted octanol–water partition coefficient (Wildman–Crippen LogP) is 4.44. The molecule has 4 aromatic rings. The summed E-state index contributed by atoms with van der Waals surface area (Å²) in [5.74, 6) is 0.532. The molecule has 0 amide bonds. The minimum atomic E-state index is -3.90. The highest BCUT2D eigenvalue weighted by Crippen LogP contribution is 2.24. The van der Waals surface area contributed by atoms with Gasteiger partial charge in [0.15, 0.2) is 11.5 Å². The van der Waals surface area contributed by atoms with Crippen LogP contribution in [0.5, 0.6) is 0 Å². The molecule has 0 atom stereocenters. The van der Waals surface area contributed by atoms with Crippen LogP contribution in [0.25, 0.3) is 11.1 Å². The lowest BCUT2D eigenvalue weighted by molar-refractivity contribution is -0.384. The van der Waals surface area contributed by atoms with Crippen LogP contribution >= 0.6 is 0 Å². The number of benzene rings is 3. The number of fused-ring (bicyclic) bond motifs is 1. The number of nitro groups is 1. The molecule has 0 radical (unpaired) electrons. The van der Waals surface area contributed by atoms with Crippen molar-refractivity contribution in [3.8, 4) is 0 Å². The summed E-state index contributed by atoms with van der Waals surface area (Å²) < 4.78 is 33.4. The molecule has 0 fully saturated rings. The Morgan fingerprint density at radius 2 is 1.73 bits per heavy atom. The van der Waals surface area contributed by atoms with Crippen molar-refractivity contribution in [2.24, 2.45) is 0 Å². The Balaban J connectivity index is 1.55. The molecular formula is C21H17N3O5S. The van der Waals surface area contributed by atoms with Crippen LogP contribution in [0.1, 0.15) is 17.0 Å². The Hall–Kier alpha value is -3.72. The van der Waals surface area contributed by atoms with Gasteiger partial charge in [0.05, 0.1) is 15.5 Å². The van der Waals surface area contributed by atoms with Crippen molar-refractivity contribution < 1.29 is 17.8 Å². The highest BCUT2D eigenvalue weighted by molar-refractivity contribution is 7.92. The number of hydrogen-bond donors (Lipinski definition) is 1. The number of oxazole rings is 1.